The van der Waals surface area contributed by atoms with E-state index in [-0.39, 0.29) is 5.41 Å². The third-order valence-corrected chi connectivity index (χ3v) is 3.49. The topological polar surface area (TPSA) is 26.0 Å². The monoisotopic (exact) mass is 289 g/mol. The minimum atomic E-state index is 0.143. The van der Waals surface area contributed by atoms with Gasteiger partial charge in [-0.2, -0.15) is 0 Å². The molecule has 2 heteroatoms. The summed E-state index contributed by atoms with van der Waals surface area (Å²) in [6, 6.07) is 8.63. The average Bonchev–Trinajstić information content (AvgIpc) is 2.18. The first kappa shape index (κ1) is 11.0. The summed E-state index contributed by atoms with van der Waals surface area (Å²) < 4.78 is 1.27. The van der Waals surface area contributed by atoms with Crippen molar-refractivity contribution < 1.29 is 0 Å². The highest BCUT2D eigenvalue weighted by atomic mass is 127. The van der Waals surface area contributed by atoms with Crippen LogP contribution in [-0.4, -0.2) is 6.54 Å². The van der Waals surface area contributed by atoms with Gasteiger partial charge in [0.25, 0.3) is 0 Å². The highest BCUT2D eigenvalue weighted by Crippen LogP contribution is 2.26. The number of hydrogen-bond acceptors (Lipinski definition) is 1. The maximum Gasteiger partial charge on any atom is 0.0130 e. The zero-order chi connectivity index (χ0) is 9.90. The lowest BCUT2D eigenvalue weighted by Gasteiger charge is -2.26. The summed E-state index contributed by atoms with van der Waals surface area (Å²) in [4.78, 5) is 0. The Morgan fingerprint density at radius 1 is 1.31 bits per heavy atom. The fourth-order valence-corrected chi connectivity index (χ4v) is 1.68. The second-order valence-corrected chi connectivity index (χ2v) is 4.87. The quantitative estimate of drug-likeness (QED) is 0.851. The molecule has 0 heterocycles. The van der Waals surface area contributed by atoms with Crippen LogP contribution in [0, 0.1) is 3.57 Å². The van der Waals surface area contributed by atoms with Gasteiger partial charge >= 0.3 is 0 Å². The van der Waals surface area contributed by atoms with Crippen molar-refractivity contribution >= 4 is 22.6 Å². The molecular formula is C11H16IN. The summed E-state index contributed by atoms with van der Waals surface area (Å²) in [5.74, 6) is 0. The molecule has 1 unspecified atom stereocenters. The molecule has 0 amide bonds. The average molecular weight is 289 g/mol. The van der Waals surface area contributed by atoms with E-state index in [9.17, 15) is 0 Å². The van der Waals surface area contributed by atoms with Gasteiger partial charge in [-0.15, -0.1) is 0 Å². The Balaban J connectivity index is 2.99. The molecule has 1 aromatic rings. The van der Waals surface area contributed by atoms with Crippen LogP contribution < -0.4 is 5.73 Å². The summed E-state index contributed by atoms with van der Waals surface area (Å²) in [5, 5.41) is 0. The molecule has 1 aromatic carbocycles. The van der Waals surface area contributed by atoms with Crippen LogP contribution in [-0.2, 0) is 5.41 Å². The van der Waals surface area contributed by atoms with Crippen LogP contribution in [0.1, 0.15) is 25.8 Å². The number of benzene rings is 1. The molecule has 0 aliphatic carbocycles. The molecule has 0 bridgehead atoms. The standard InChI is InChI=1S/C11H16IN/c1-3-11(2,8-13)9-4-6-10(12)7-5-9/h4-7H,3,8,13H2,1-2H3. The Bertz CT molecular complexity index is 262. The second-order valence-electron chi connectivity index (χ2n) is 3.63. The minimum absolute atomic E-state index is 0.143. The molecule has 1 nitrogen and oxygen atoms in total. The molecular weight excluding hydrogens is 273 g/mol. The Kier molecular flexibility index (Phi) is 3.74. The zero-order valence-corrected chi connectivity index (χ0v) is 10.3. The smallest absolute Gasteiger partial charge is 0.0130 e. The number of rotatable bonds is 3. The van der Waals surface area contributed by atoms with Crippen LogP contribution >= 0.6 is 22.6 Å². The molecule has 0 fully saturated rings. The lowest BCUT2D eigenvalue weighted by atomic mass is 9.80. The van der Waals surface area contributed by atoms with E-state index in [1.165, 1.54) is 9.13 Å². The van der Waals surface area contributed by atoms with E-state index in [1.807, 2.05) is 0 Å². The Morgan fingerprint density at radius 2 is 1.85 bits per heavy atom. The predicted molar refractivity (Wildman–Crippen MR) is 65.9 cm³/mol. The highest BCUT2D eigenvalue weighted by molar-refractivity contribution is 14.1. The van der Waals surface area contributed by atoms with Crippen molar-refractivity contribution in [1.82, 2.24) is 0 Å². The predicted octanol–water partition coefficient (Wildman–Crippen LogP) is 2.92. The Hall–Kier alpha value is -0.0900. The molecule has 0 aliphatic rings. The van der Waals surface area contributed by atoms with Gasteiger partial charge in [0.1, 0.15) is 0 Å². The largest absolute Gasteiger partial charge is 0.330 e. The fourth-order valence-electron chi connectivity index (χ4n) is 1.32. The van der Waals surface area contributed by atoms with Crippen molar-refractivity contribution in [3.8, 4) is 0 Å². The van der Waals surface area contributed by atoms with Crippen LogP contribution in [0.3, 0.4) is 0 Å². The van der Waals surface area contributed by atoms with Crippen molar-refractivity contribution in [3.05, 3.63) is 33.4 Å². The number of hydrogen-bond donors (Lipinski definition) is 1. The molecule has 0 saturated carbocycles. The van der Waals surface area contributed by atoms with Crippen LogP contribution in [0.15, 0.2) is 24.3 Å². The first-order valence-corrected chi connectivity index (χ1v) is 5.66. The lowest BCUT2D eigenvalue weighted by Crippen LogP contribution is -2.30. The van der Waals surface area contributed by atoms with Gasteiger partial charge < -0.3 is 5.73 Å². The van der Waals surface area contributed by atoms with E-state index in [2.05, 4.69) is 60.7 Å². The van der Waals surface area contributed by atoms with Gasteiger partial charge in [-0.1, -0.05) is 26.0 Å². The van der Waals surface area contributed by atoms with Crippen LogP contribution in [0.4, 0.5) is 0 Å². The van der Waals surface area contributed by atoms with Gasteiger partial charge in [0.2, 0.25) is 0 Å². The van der Waals surface area contributed by atoms with Gasteiger partial charge in [-0.05, 0) is 46.7 Å². The summed E-state index contributed by atoms with van der Waals surface area (Å²) in [5.41, 5.74) is 7.27. The molecule has 72 valence electrons. The van der Waals surface area contributed by atoms with E-state index in [0.717, 1.165) is 6.42 Å². The summed E-state index contributed by atoms with van der Waals surface area (Å²) in [6.07, 6.45) is 1.09. The first-order chi connectivity index (χ1) is 6.12. The SMILES string of the molecule is CCC(C)(CN)c1ccc(I)cc1. The number of nitrogens with two attached hydrogens (primary N) is 1. The highest BCUT2D eigenvalue weighted by Gasteiger charge is 2.21. The van der Waals surface area contributed by atoms with Gasteiger partial charge in [-0.3, -0.25) is 0 Å². The van der Waals surface area contributed by atoms with Gasteiger partial charge in [0.05, 0.1) is 0 Å². The molecule has 1 rings (SSSR count). The van der Waals surface area contributed by atoms with Crippen molar-refractivity contribution in [2.75, 3.05) is 6.54 Å². The first-order valence-electron chi connectivity index (χ1n) is 4.58. The van der Waals surface area contributed by atoms with Gasteiger partial charge in [-0.25, -0.2) is 0 Å². The van der Waals surface area contributed by atoms with Crippen molar-refractivity contribution in [2.45, 2.75) is 25.7 Å². The van der Waals surface area contributed by atoms with Crippen molar-refractivity contribution in [1.29, 1.82) is 0 Å². The molecule has 1 atom stereocenters. The lowest BCUT2D eigenvalue weighted by molar-refractivity contribution is 0.467. The van der Waals surface area contributed by atoms with E-state index in [0.29, 0.717) is 6.54 Å². The molecule has 0 radical (unpaired) electrons. The summed E-state index contributed by atoms with van der Waals surface area (Å²) in [6.45, 7) is 5.12. The summed E-state index contributed by atoms with van der Waals surface area (Å²) >= 11 is 2.32. The maximum absolute atomic E-state index is 5.79. The maximum atomic E-state index is 5.79. The van der Waals surface area contributed by atoms with Crippen molar-refractivity contribution in [3.63, 3.8) is 0 Å². The fraction of sp³-hybridized carbons (Fsp3) is 0.455. The molecule has 0 aliphatic heterocycles. The molecule has 2 N–H and O–H groups in total. The normalized spacial score (nSPS) is 15.4. The third-order valence-electron chi connectivity index (χ3n) is 2.77. The van der Waals surface area contributed by atoms with Gasteiger partial charge in [0, 0.05) is 15.5 Å². The molecule has 0 spiro atoms. The van der Waals surface area contributed by atoms with Gasteiger partial charge in [0.15, 0.2) is 0 Å². The van der Waals surface area contributed by atoms with E-state index < -0.39 is 0 Å². The summed E-state index contributed by atoms with van der Waals surface area (Å²) in [7, 11) is 0. The van der Waals surface area contributed by atoms with Crippen molar-refractivity contribution in [2.24, 2.45) is 5.73 Å². The van der Waals surface area contributed by atoms with E-state index in [1.54, 1.807) is 0 Å². The second kappa shape index (κ2) is 4.42. The van der Waals surface area contributed by atoms with Crippen LogP contribution in [0.2, 0.25) is 0 Å². The Morgan fingerprint density at radius 3 is 2.23 bits per heavy atom. The Labute approximate surface area is 93.9 Å². The third kappa shape index (κ3) is 2.44. The van der Waals surface area contributed by atoms with E-state index in [4.69, 9.17) is 5.73 Å². The van der Waals surface area contributed by atoms with Crippen LogP contribution in [0.5, 0.6) is 0 Å². The molecule has 0 aromatic heterocycles. The van der Waals surface area contributed by atoms with E-state index >= 15 is 0 Å². The zero-order valence-electron chi connectivity index (χ0n) is 8.18. The molecule has 13 heavy (non-hydrogen) atoms. The molecule has 0 saturated heterocycles. The number of halogens is 1. The minimum Gasteiger partial charge on any atom is -0.330 e. The van der Waals surface area contributed by atoms with Crippen LogP contribution in [0.25, 0.3) is 0 Å².